The van der Waals surface area contributed by atoms with Gasteiger partial charge in [-0.3, -0.25) is 5.10 Å². The number of aromatic nitrogens is 5. The van der Waals surface area contributed by atoms with Crippen LogP contribution in [0.25, 0.3) is 31.8 Å². The summed E-state index contributed by atoms with van der Waals surface area (Å²) in [7, 11) is 1.68. The van der Waals surface area contributed by atoms with E-state index in [1.807, 2.05) is 48.7 Å². The van der Waals surface area contributed by atoms with Crippen molar-refractivity contribution in [3.8, 4) is 16.3 Å². The molecule has 192 valence electrons. The quantitative estimate of drug-likeness (QED) is 0.219. The lowest BCUT2D eigenvalue weighted by atomic mass is 10.2. The Balaban J connectivity index is 1.34. The Labute approximate surface area is 224 Å². The highest BCUT2D eigenvalue weighted by Gasteiger charge is 2.20. The summed E-state index contributed by atoms with van der Waals surface area (Å²) in [6.07, 6.45) is 3.43. The van der Waals surface area contributed by atoms with E-state index >= 15 is 0 Å². The van der Waals surface area contributed by atoms with Gasteiger partial charge >= 0.3 is 0 Å². The number of rotatable bonds is 10. The molecule has 0 amide bonds. The molecule has 0 saturated heterocycles. The van der Waals surface area contributed by atoms with Gasteiger partial charge in [0.25, 0.3) is 0 Å². The van der Waals surface area contributed by atoms with Gasteiger partial charge in [-0.2, -0.15) is 5.10 Å². The predicted molar refractivity (Wildman–Crippen MR) is 151 cm³/mol. The normalized spacial score (nSPS) is 11.5. The van der Waals surface area contributed by atoms with Crippen molar-refractivity contribution in [3.05, 3.63) is 89.9 Å². The molecule has 4 heterocycles. The third kappa shape index (κ3) is 4.85. The van der Waals surface area contributed by atoms with Gasteiger partial charge in [0.1, 0.15) is 22.8 Å². The van der Waals surface area contributed by atoms with Gasteiger partial charge in [0.05, 0.1) is 34.3 Å². The molecule has 38 heavy (non-hydrogen) atoms. The second-order valence-electron chi connectivity index (χ2n) is 9.08. The molecule has 0 fully saturated rings. The Morgan fingerprint density at radius 2 is 1.84 bits per heavy atom. The summed E-state index contributed by atoms with van der Waals surface area (Å²) >= 11 is 1.66. The van der Waals surface area contributed by atoms with Crippen LogP contribution in [0.2, 0.25) is 0 Å². The van der Waals surface area contributed by atoms with Gasteiger partial charge in [-0.05, 0) is 41.8 Å². The minimum atomic E-state index is 0.439. The first-order valence-corrected chi connectivity index (χ1v) is 13.3. The van der Waals surface area contributed by atoms with Gasteiger partial charge in [-0.15, -0.1) is 11.3 Å². The molecule has 0 radical (unpaired) electrons. The van der Waals surface area contributed by atoms with Crippen molar-refractivity contribution in [2.24, 2.45) is 0 Å². The van der Waals surface area contributed by atoms with Crippen molar-refractivity contribution < 1.29 is 9.47 Å². The standard InChI is InChI=1S/C29H28N6O2S/c1-36-21-11-9-19(10-12-21)17-35-25(8-5-15-37-18-20-6-3-2-4-7-20)33-26-27(35)28-23(32-29(26)30)16-24(38-28)22-13-14-31-34-22/h2-4,6-7,9-14,16H,5,8,15,17-18H2,1H3,(H2,30,32)(H,31,34). The summed E-state index contributed by atoms with van der Waals surface area (Å²) in [4.78, 5) is 10.7. The maximum atomic E-state index is 6.46. The van der Waals surface area contributed by atoms with Crippen molar-refractivity contribution in [2.75, 3.05) is 19.5 Å². The molecule has 9 heteroatoms. The second-order valence-corrected chi connectivity index (χ2v) is 10.1. The number of nitrogens with zero attached hydrogens (tertiary/aromatic N) is 4. The number of hydrogen-bond acceptors (Lipinski definition) is 7. The SMILES string of the molecule is COc1ccc(Cn2c(CCCOCc3ccccc3)nc3c(N)nc4cc(-c5cc[nH]n5)sc4c32)cc1. The van der Waals surface area contributed by atoms with Crippen LogP contribution in [0.1, 0.15) is 23.4 Å². The average molecular weight is 525 g/mol. The number of benzene rings is 2. The highest BCUT2D eigenvalue weighted by atomic mass is 32.1. The molecule has 0 saturated carbocycles. The van der Waals surface area contributed by atoms with E-state index in [0.717, 1.165) is 61.8 Å². The van der Waals surface area contributed by atoms with Gasteiger partial charge in [0.15, 0.2) is 5.82 Å². The highest BCUT2D eigenvalue weighted by molar-refractivity contribution is 7.23. The number of nitrogens with two attached hydrogens (primary N) is 1. The number of aromatic amines is 1. The number of nitrogen functional groups attached to an aromatic ring is 1. The van der Waals surface area contributed by atoms with E-state index < -0.39 is 0 Å². The van der Waals surface area contributed by atoms with Crippen LogP contribution in [-0.4, -0.2) is 38.4 Å². The van der Waals surface area contributed by atoms with Gasteiger partial charge < -0.3 is 19.8 Å². The lowest BCUT2D eigenvalue weighted by Crippen LogP contribution is -2.07. The van der Waals surface area contributed by atoms with E-state index in [9.17, 15) is 0 Å². The minimum Gasteiger partial charge on any atom is -0.497 e. The smallest absolute Gasteiger partial charge is 0.152 e. The predicted octanol–water partition coefficient (Wildman–Crippen LogP) is 5.82. The van der Waals surface area contributed by atoms with Gasteiger partial charge in [-0.25, -0.2) is 9.97 Å². The Hall–Kier alpha value is -4.21. The maximum Gasteiger partial charge on any atom is 0.152 e. The fourth-order valence-electron chi connectivity index (χ4n) is 4.62. The monoisotopic (exact) mass is 524 g/mol. The Bertz CT molecular complexity index is 1660. The summed E-state index contributed by atoms with van der Waals surface area (Å²) in [6.45, 7) is 1.91. The number of nitrogens with one attached hydrogen (secondary N) is 1. The first-order chi connectivity index (χ1) is 18.7. The largest absolute Gasteiger partial charge is 0.497 e. The molecule has 0 spiro atoms. The molecule has 6 rings (SSSR count). The Kier molecular flexibility index (Phi) is 6.76. The molecule has 0 aliphatic rings. The topological polar surface area (TPSA) is 104 Å². The van der Waals surface area contributed by atoms with E-state index in [1.165, 1.54) is 5.56 Å². The van der Waals surface area contributed by atoms with Crippen LogP contribution < -0.4 is 10.5 Å². The number of fused-ring (bicyclic) bond motifs is 3. The number of aryl methyl sites for hydroxylation is 1. The molecule has 0 unspecified atom stereocenters. The number of ether oxygens (including phenoxy) is 2. The van der Waals surface area contributed by atoms with E-state index in [0.29, 0.717) is 25.6 Å². The van der Waals surface area contributed by atoms with E-state index in [4.69, 9.17) is 25.2 Å². The summed E-state index contributed by atoms with van der Waals surface area (Å²) in [5, 5.41) is 7.25. The molecule has 0 bridgehead atoms. The van der Waals surface area contributed by atoms with E-state index in [-0.39, 0.29) is 0 Å². The van der Waals surface area contributed by atoms with Crippen LogP contribution in [0.15, 0.2) is 72.9 Å². The Morgan fingerprint density at radius 3 is 2.61 bits per heavy atom. The van der Waals surface area contributed by atoms with Crippen molar-refractivity contribution in [1.29, 1.82) is 0 Å². The third-order valence-electron chi connectivity index (χ3n) is 6.51. The third-order valence-corrected chi connectivity index (χ3v) is 7.66. The van der Waals surface area contributed by atoms with Crippen LogP contribution >= 0.6 is 11.3 Å². The first kappa shape index (κ1) is 24.1. The van der Waals surface area contributed by atoms with E-state index in [1.54, 1.807) is 18.4 Å². The zero-order valence-electron chi connectivity index (χ0n) is 21.1. The number of anilines is 1. The number of hydrogen-bond donors (Lipinski definition) is 2. The molecule has 0 atom stereocenters. The number of imidazole rings is 1. The average Bonchev–Trinajstić information content (AvgIpc) is 3.69. The second kappa shape index (κ2) is 10.6. The number of pyridine rings is 1. The zero-order valence-corrected chi connectivity index (χ0v) is 21.9. The van der Waals surface area contributed by atoms with Crippen molar-refractivity contribution in [3.63, 3.8) is 0 Å². The summed E-state index contributed by atoms with van der Waals surface area (Å²) in [5.74, 6) is 2.24. The van der Waals surface area contributed by atoms with Crippen LogP contribution in [0, 0.1) is 0 Å². The van der Waals surface area contributed by atoms with E-state index in [2.05, 4.69) is 39.0 Å². The molecule has 0 aliphatic heterocycles. The summed E-state index contributed by atoms with van der Waals surface area (Å²) < 4.78 is 14.6. The van der Waals surface area contributed by atoms with Crippen LogP contribution in [-0.2, 0) is 24.3 Å². The molecule has 6 aromatic rings. The van der Waals surface area contributed by atoms with Crippen molar-refractivity contribution in [1.82, 2.24) is 24.7 Å². The lowest BCUT2D eigenvalue weighted by Gasteiger charge is -2.11. The maximum absolute atomic E-state index is 6.46. The number of methoxy groups -OCH3 is 1. The summed E-state index contributed by atoms with van der Waals surface area (Å²) in [5.41, 5.74) is 12.3. The molecule has 0 aliphatic carbocycles. The van der Waals surface area contributed by atoms with Gasteiger partial charge in [0, 0.05) is 25.8 Å². The van der Waals surface area contributed by atoms with Gasteiger partial charge in [-0.1, -0.05) is 42.5 Å². The van der Waals surface area contributed by atoms with Crippen molar-refractivity contribution >= 4 is 38.4 Å². The van der Waals surface area contributed by atoms with Crippen LogP contribution in [0.3, 0.4) is 0 Å². The zero-order chi connectivity index (χ0) is 25.9. The molecule has 8 nitrogen and oxygen atoms in total. The molecular weight excluding hydrogens is 496 g/mol. The lowest BCUT2D eigenvalue weighted by molar-refractivity contribution is 0.118. The number of H-pyrrole nitrogens is 1. The molecular formula is C29H28N6O2S. The van der Waals surface area contributed by atoms with Crippen LogP contribution in [0.4, 0.5) is 5.82 Å². The first-order valence-electron chi connectivity index (χ1n) is 12.5. The van der Waals surface area contributed by atoms with Crippen LogP contribution in [0.5, 0.6) is 5.75 Å². The minimum absolute atomic E-state index is 0.439. The molecule has 2 aromatic carbocycles. The van der Waals surface area contributed by atoms with Crippen molar-refractivity contribution in [2.45, 2.75) is 26.0 Å². The molecule has 4 aromatic heterocycles. The van der Waals surface area contributed by atoms with Gasteiger partial charge in [0.2, 0.25) is 0 Å². The molecule has 3 N–H and O–H groups in total. The summed E-state index contributed by atoms with van der Waals surface area (Å²) in [6, 6.07) is 22.4. The highest BCUT2D eigenvalue weighted by Crippen LogP contribution is 2.38. The fraction of sp³-hybridized carbons (Fsp3) is 0.207. The Morgan fingerprint density at radius 1 is 1.00 bits per heavy atom. The fourth-order valence-corrected chi connectivity index (χ4v) is 5.74. The number of thiophene rings is 1.